The van der Waals surface area contributed by atoms with Crippen LogP contribution in [0.3, 0.4) is 0 Å². The maximum absolute atomic E-state index is 11.2. The molecule has 1 aliphatic heterocycles. The number of hydrogen-bond acceptors (Lipinski definition) is 4. The number of aromatic nitrogens is 2. The van der Waals surface area contributed by atoms with Crippen LogP contribution in [0.25, 0.3) is 5.69 Å². The van der Waals surface area contributed by atoms with Crippen LogP contribution in [0.5, 0.6) is 0 Å². The smallest absolute Gasteiger partial charge is 0.271 e. The van der Waals surface area contributed by atoms with E-state index in [9.17, 15) is 10.1 Å². The third kappa shape index (κ3) is 2.82. The Hall–Kier alpha value is -2.86. The summed E-state index contributed by atoms with van der Waals surface area (Å²) in [5.41, 5.74) is 4.82. The van der Waals surface area contributed by atoms with Gasteiger partial charge in [-0.25, -0.2) is 4.68 Å². The Labute approximate surface area is 155 Å². The first kappa shape index (κ1) is 16.6. The lowest BCUT2D eigenvalue weighted by molar-refractivity contribution is -0.384. The first-order valence-corrected chi connectivity index (χ1v) is 8.76. The number of halogens is 1. The molecule has 6 nitrogen and oxygen atoms in total. The number of non-ortho nitro benzene ring substituents is 1. The molecular weight excluding hydrogens is 352 g/mol. The molecule has 0 spiro atoms. The summed E-state index contributed by atoms with van der Waals surface area (Å²) in [6, 6.07) is 12.6. The lowest BCUT2D eigenvalue weighted by Gasteiger charge is -2.09. The number of hydrogen-bond donors (Lipinski definition) is 1. The maximum Gasteiger partial charge on any atom is 0.271 e. The Morgan fingerprint density at radius 2 is 2.12 bits per heavy atom. The number of rotatable bonds is 4. The van der Waals surface area contributed by atoms with Gasteiger partial charge in [-0.2, -0.15) is 5.10 Å². The van der Waals surface area contributed by atoms with Crippen LogP contribution < -0.4 is 5.32 Å². The van der Waals surface area contributed by atoms with E-state index in [0.717, 1.165) is 46.9 Å². The molecule has 0 atom stereocenters. The van der Waals surface area contributed by atoms with Crippen molar-refractivity contribution in [3.05, 3.63) is 80.0 Å². The molecule has 0 fully saturated rings. The van der Waals surface area contributed by atoms with Crippen molar-refractivity contribution in [2.24, 2.45) is 0 Å². The number of nitrogens with zero attached hydrogens (tertiary/aromatic N) is 3. The monoisotopic (exact) mass is 368 g/mol. The molecule has 1 aliphatic rings. The highest BCUT2D eigenvalue weighted by atomic mass is 35.5. The Kier molecular flexibility index (Phi) is 4.12. The predicted octanol–water partition coefficient (Wildman–Crippen LogP) is 4.30. The Morgan fingerprint density at radius 1 is 1.31 bits per heavy atom. The average molecular weight is 369 g/mol. The van der Waals surface area contributed by atoms with Crippen molar-refractivity contribution in [2.75, 3.05) is 11.9 Å². The van der Waals surface area contributed by atoms with Gasteiger partial charge in [0, 0.05) is 35.7 Å². The van der Waals surface area contributed by atoms with E-state index in [1.165, 1.54) is 6.07 Å². The van der Waals surface area contributed by atoms with Gasteiger partial charge in [0.2, 0.25) is 0 Å². The summed E-state index contributed by atoms with van der Waals surface area (Å²) >= 11 is 6.30. The van der Waals surface area contributed by atoms with Crippen molar-refractivity contribution in [1.82, 2.24) is 9.78 Å². The van der Waals surface area contributed by atoms with Gasteiger partial charge in [-0.15, -0.1) is 0 Å². The van der Waals surface area contributed by atoms with Crippen LogP contribution in [0.4, 0.5) is 11.5 Å². The van der Waals surface area contributed by atoms with Crippen LogP contribution >= 0.6 is 11.6 Å². The first-order chi connectivity index (χ1) is 12.5. The third-order valence-electron chi connectivity index (χ3n) is 4.68. The van der Waals surface area contributed by atoms with Gasteiger partial charge in [0.05, 0.1) is 16.3 Å². The van der Waals surface area contributed by atoms with Crippen molar-refractivity contribution < 1.29 is 4.92 Å². The summed E-state index contributed by atoms with van der Waals surface area (Å²) in [5.74, 6) is 0.913. The second-order valence-corrected chi connectivity index (χ2v) is 6.77. The average Bonchev–Trinajstić information content (AvgIpc) is 3.21. The molecule has 0 unspecified atom stereocenters. The standard InChI is InChI=1S/C19H17ClN4O2/c1-12-6-7-14(24(25)26)11-18(12)23-19-15(8-9-21-19)17(22-23)10-13-4-2-3-5-16(13)20/h2-7,11,21H,8-10H2,1H3. The molecule has 7 heteroatoms. The van der Waals surface area contributed by atoms with Gasteiger partial charge in [-0.1, -0.05) is 35.9 Å². The summed E-state index contributed by atoms with van der Waals surface area (Å²) < 4.78 is 1.79. The summed E-state index contributed by atoms with van der Waals surface area (Å²) in [4.78, 5) is 10.8. The zero-order valence-electron chi connectivity index (χ0n) is 14.2. The van der Waals surface area contributed by atoms with Crippen LogP contribution in [0.15, 0.2) is 42.5 Å². The molecule has 4 rings (SSSR count). The minimum absolute atomic E-state index is 0.0560. The molecular formula is C19H17ClN4O2. The van der Waals surface area contributed by atoms with Crippen molar-refractivity contribution in [3.8, 4) is 5.69 Å². The Bertz CT molecular complexity index is 1010. The van der Waals surface area contributed by atoms with Crippen LogP contribution in [0.1, 0.15) is 22.4 Å². The van der Waals surface area contributed by atoms with Crippen LogP contribution in [0.2, 0.25) is 5.02 Å². The quantitative estimate of drug-likeness (QED) is 0.550. The summed E-state index contributed by atoms with van der Waals surface area (Å²) in [6.45, 7) is 2.76. The number of nitrogens with one attached hydrogen (secondary N) is 1. The third-order valence-corrected chi connectivity index (χ3v) is 5.05. The zero-order chi connectivity index (χ0) is 18.3. The van der Waals surface area contributed by atoms with E-state index in [-0.39, 0.29) is 10.6 Å². The SMILES string of the molecule is Cc1ccc([N+](=O)[O-])cc1-n1nc(Cc2ccccc2Cl)c2c1NCC2. The molecule has 2 heterocycles. The lowest BCUT2D eigenvalue weighted by atomic mass is 10.1. The minimum Gasteiger partial charge on any atom is -0.369 e. The summed E-state index contributed by atoms with van der Waals surface area (Å²) in [5, 5.41) is 20.0. The van der Waals surface area contributed by atoms with Gasteiger partial charge < -0.3 is 5.32 Å². The molecule has 1 N–H and O–H groups in total. The van der Waals surface area contributed by atoms with E-state index < -0.39 is 0 Å². The van der Waals surface area contributed by atoms with Gasteiger partial charge in [0.1, 0.15) is 5.82 Å². The van der Waals surface area contributed by atoms with Crippen LogP contribution in [-0.4, -0.2) is 21.2 Å². The van der Waals surface area contributed by atoms with Crippen molar-refractivity contribution >= 4 is 23.1 Å². The molecule has 0 saturated carbocycles. The summed E-state index contributed by atoms with van der Waals surface area (Å²) in [6.07, 6.45) is 1.51. The molecule has 0 amide bonds. The molecule has 1 aromatic heterocycles. The topological polar surface area (TPSA) is 73.0 Å². The number of benzene rings is 2. The zero-order valence-corrected chi connectivity index (χ0v) is 15.0. The molecule has 0 radical (unpaired) electrons. The number of nitro groups is 1. The fraction of sp³-hybridized carbons (Fsp3) is 0.211. The maximum atomic E-state index is 11.2. The van der Waals surface area contributed by atoms with Gasteiger partial charge in [-0.3, -0.25) is 10.1 Å². The van der Waals surface area contributed by atoms with E-state index in [4.69, 9.17) is 16.7 Å². The molecule has 26 heavy (non-hydrogen) atoms. The number of aryl methyl sites for hydroxylation is 1. The number of nitro benzene ring substituents is 1. The van der Waals surface area contributed by atoms with Crippen LogP contribution in [-0.2, 0) is 12.8 Å². The van der Waals surface area contributed by atoms with Gasteiger partial charge in [-0.05, 0) is 30.5 Å². The predicted molar refractivity (Wildman–Crippen MR) is 101 cm³/mol. The highest BCUT2D eigenvalue weighted by Gasteiger charge is 2.25. The fourth-order valence-corrected chi connectivity index (χ4v) is 3.53. The van der Waals surface area contributed by atoms with E-state index in [1.54, 1.807) is 16.8 Å². The highest BCUT2D eigenvalue weighted by Crippen LogP contribution is 2.33. The first-order valence-electron chi connectivity index (χ1n) is 8.38. The molecule has 0 aliphatic carbocycles. The summed E-state index contributed by atoms with van der Waals surface area (Å²) in [7, 11) is 0. The second-order valence-electron chi connectivity index (χ2n) is 6.36. The number of fused-ring (bicyclic) bond motifs is 1. The lowest BCUT2D eigenvalue weighted by Crippen LogP contribution is -2.07. The van der Waals surface area contributed by atoms with Crippen molar-refractivity contribution in [3.63, 3.8) is 0 Å². The number of anilines is 1. The van der Waals surface area contributed by atoms with Gasteiger partial charge in [0.15, 0.2) is 0 Å². The van der Waals surface area contributed by atoms with E-state index >= 15 is 0 Å². The molecule has 132 valence electrons. The normalized spacial score (nSPS) is 12.7. The largest absolute Gasteiger partial charge is 0.369 e. The second kappa shape index (κ2) is 6.46. The van der Waals surface area contributed by atoms with Gasteiger partial charge in [0.25, 0.3) is 5.69 Å². The molecule has 0 bridgehead atoms. The van der Waals surface area contributed by atoms with E-state index in [2.05, 4.69) is 5.32 Å². The Morgan fingerprint density at radius 3 is 2.88 bits per heavy atom. The van der Waals surface area contributed by atoms with E-state index in [0.29, 0.717) is 11.4 Å². The van der Waals surface area contributed by atoms with Crippen molar-refractivity contribution in [1.29, 1.82) is 0 Å². The van der Waals surface area contributed by atoms with Gasteiger partial charge >= 0.3 is 0 Å². The molecule has 0 saturated heterocycles. The highest BCUT2D eigenvalue weighted by molar-refractivity contribution is 6.31. The molecule has 2 aromatic carbocycles. The minimum atomic E-state index is -0.384. The van der Waals surface area contributed by atoms with E-state index in [1.807, 2.05) is 31.2 Å². The molecule has 3 aromatic rings. The van der Waals surface area contributed by atoms with Crippen molar-refractivity contribution in [2.45, 2.75) is 19.8 Å². The Balaban J connectivity index is 1.81. The van der Waals surface area contributed by atoms with Crippen LogP contribution in [0, 0.1) is 17.0 Å². The fourth-order valence-electron chi connectivity index (χ4n) is 3.32.